The highest BCUT2D eigenvalue weighted by atomic mass is 35.5. The van der Waals surface area contributed by atoms with Gasteiger partial charge >= 0.3 is 5.97 Å². The summed E-state index contributed by atoms with van der Waals surface area (Å²) in [6.45, 7) is 4.59. The van der Waals surface area contributed by atoms with E-state index in [4.69, 9.17) is 21.1 Å². The third-order valence-corrected chi connectivity index (χ3v) is 9.49. The zero-order valence-electron chi connectivity index (χ0n) is 18.9. The number of carbonyl (C=O) groups is 1. The van der Waals surface area contributed by atoms with E-state index in [1.54, 1.807) is 12.1 Å². The van der Waals surface area contributed by atoms with Crippen molar-refractivity contribution in [2.45, 2.75) is 31.0 Å². The largest absolute Gasteiger partial charge is 0.492 e. The van der Waals surface area contributed by atoms with Crippen LogP contribution in [-0.2, 0) is 15.1 Å². The van der Waals surface area contributed by atoms with Gasteiger partial charge in [0.05, 0.1) is 41.0 Å². The molecule has 1 atom stereocenters. The molecule has 1 N–H and O–H groups in total. The molecule has 3 fully saturated rings. The second-order valence-corrected chi connectivity index (χ2v) is 11.6. The van der Waals surface area contributed by atoms with Crippen LogP contribution in [0.4, 0.5) is 0 Å². The monoisotopic (exact) mass is 518 g/mol. The molecule has 3 aliphatic heterocycles. The van der Waals surface area contributed by atoms with Gasteiger partial charge in [-0.1, -0.05) is 35.9 Å². The maximum Gasteiger partial charge on any atom is 0.349 e. The summed E-state index contributed by atoms with van der Waals surface area (Å²) in [5, 5.41) is 16.0. The summed E-state index contributed by atoms with van der Waals surface area (Å²) in [6, 6.07) is 14.8. The normalized spacial score (nSPS) is 24.2. The van der Waals surface area contributed by atoms with E-state index >= 15 is 0 Å². The van der Waals surface area contributed by atoms with E-state index in [9.17, 15) is 9.90 Å². The van der Waals surface area contributed by atoms with Gasteiger partial charge in [-0.15, -0.1) is 22.7 Å². The fourth-order valence-corrected chi connectivity index (χ4v) is 7.23. The van der Waals surface area contributed by atoms with Crippen LogP contribution in [0.5, 0.6) is 5.75 Å². The van der Waals surface area contributed by atoms with Gasteiger partial charge in [-0.2, -0.15) is 0 Å². The molecule has 3 saturated heterocycles. The van der Waals surface area contributed by atoms with Crippen LogP contribution in [0, 0.1) is 5.92 Å². The lowest BCUT2D eigenvalue weighted by Gasteiger charge is -2.52. The number of ether oxygens (including phenoxy) is 2. The Morgan fingerprint density at radius 1 is 1.06 bits per heavy atom. The van der Waals surface area contributed by atoms with E-state index in [-0.39, 0.29) is 6.10 Å². The Kier molecular flexibility index (Phi) is 7.00. The summed E-state index contributed by atoms with van der Waals surface area (Å²) in [4.78, 5) is 14.7. The molecule has 0 aliphatic carbocycles. The molecule has 0 amide bonds. The second-order valence-electron chi connectivity index (χ2n) is 9.27. The van der Waals surface area contributed by atoms with Crippen molar-refractivity contribution in [3.8, 4) is 5.75 Å². The molecule has 1 aromatic carbocycles. The number of halogens is 1. The van der Waals surface area contributed by atoms with Crippen LogP contribution < -0.4 is 4.74 Å². The zero-order valence-corrected chi connectivity index (χ0v) is 21.3. The van der Waals surface area contributed by atoms with Gasteiger partial charge < -0.3 is 19.1 Å². The summed E-state index contributed by atoms with van der Waals surface area (Å²) in [5.74, 6) is 0.519. The van der Waals surface area contributed by atoms with E-state index in [1.807, 2.05) is 47.2 Å². The molecular weight excluding hydrogens is 490 g/mol. The van der Waals surface area contributed by atoms with Crippen LogP contribution in [0.15, 0.2) is 59.3 Å². The molecule has 0 radical (unpaired) electrons. The number of esters is 1. The summed E-state index contributed by atoms with van der Waals surface area (Å²) in [5.41, 5.74) is -1.75. The molecule has 8 heteroatoms. The van der Waals surface area contributed by atoms with Crippen molar-refractivity contribution in [3.05, 3.63) is 74.1 Å². The first-order valence-corrected chi connectivity index (χ1v) is 13.9. The first kappa shape index (κ1) is 23.8. The highest BCUT2D eigenvalue weighted by Crippen LogP contribution is 2.40. The Labute approximate surface area is 213 Å². The van der Waals surface area contributed by atoms with Crippen LogP contribution in [0.25, 0.3) is 0 Å². The highest BCUT2D eigenvalue weighted by Gasteiger charge is 2.51. The van der Waals surface area contributed by atoms with Crippen molar-refractivity contribution in [3.63, 3.8) is 0 Å². The number of fused-ring (bicyclic) bond motifs is 3. The Morgan fingerprint density at radius 2 is 1.74 bits per heavy atom. The van der Waals surface area contributed by atoms with Gasteiger partial charge in [0.25, 0.3) is 0 Å². The lowest BCUT2D eigenvalue weighted by Crippen LogP contribution is -2.65. The van der Waals surface area contributed by atoms with Gasteiger partial charge in [-0.3, -0.25) is 0 Å². The second kappa shape index (κ2) is 9.99. The molecule has 5 heterocycles. The Bertz CT molecular complexity index is 1060. The number of quaternary nitrogens is 1. The Hall–Kier alpha value is -1.90. The summed E-state index contributed by atoms with van der Waals surface area (Å²) in [6.07, 6.45) is 2.82. The molecule has 3 aliphatic rings. The first-order chi connectivity index (χ1) is 16.5. The SMILES string of the molecule is O=C(O[C@H]1C[N+]2(CCCOc3ccccc3Cl)CCC1CC2)C(O)(c1cccs1)c1cccs1. The number of thiophene rings is 2. The zero-order chi connectivity index (χ0) is 23.6. The van der Waals surface area contributed by atoms with E-state index in [2.05, 4.69) is 0 Å². The third-order valence-electron chi connectivity index (χ3n) is 7.22. The number of carbonyl (C=O) groups excluding carboxylic acids is 1. The summed E-state index contributed by atoms with van der Waals surface area (Å²) in [7, 11) is 0. The Balaban J connectivity index is 1.23. The molecule has 2 bridgehead atoms. The molecule has 0 unspecified atom stereocenters. The van der Waals surface area contributed by atoms with Crippen molar-refractivity contribution in [2.75, 3.05) is 32.8 Å². The average molecular weight is 519 g/mol. The van der Waals surface area contributed by atoms with E-state index in [1.165, 1.54) is 22.7 Å². The number of aliphatic hydroxyl groups is 1. The maximum atomic E-state index is 13.5. The molecule has 34 heavy (non-hydrogen) atoms. The number of hydrogen-bond donors (Lipinski definition) is 1. The highest BCUT2D eigenvalue weighted by molar-refractivity contribution is 7.12. The van der Waals surface area contributed by atoms with Crippen LogP contribution in [0.2, 0.25) is 5.02 Å². The molecule has 5 nitrogen and oxygen atoms in total. The Morgan fingerprint density at radius 3 is 2.35 bits per heavy atom. The lowest BCUT2D eigenvalue weighted by molar-refractivity contribution is -0.946. The minimum Gasteiger partial charge on any atom is -0.492 e. The third kappa shape index (κ3) is 4.64. The van der Waals surface area contributed by atoms with Gasteiger partial charge in [0, 0.05) is 25.2 Å². The summed E-state index contributed by atoms with van der Waals surface area (Å²) >= 11 is 8.94. The van der Waals surface area contributed by atoms with E-state index < -0.39 is 11.6 Å². The predicted octanol–water partition coefficient (Wildman–Crippen LogP) is 5.32. The van der Waals surface area contributed by atoms with Crippen LogP contribution >= 0.6 is 34.3 Å². The molecule has 6 rings (SSSR count). The van der Waals surface area contributed by atoms with Crippen LogP contribution in [0.1, 0.15) is 29.0 Å². The van der Waals surface area contributed by atoms with E-state index in [0.29, 0.717) is 27.3 Å². The van der Waals surface area contributed by atoms with Gasteiger partial charge in [0.1, 0.15) is 12.3 Å². The average Bonchev–Trinajstić information content (AvgIpc) is 3.58. The van der Waals surface area contributed by atoms with Crippen molar-refractivity contribution in [2.24, 2.45) is 5.92 Å². The van der Waals surface area contributed by atoms with Gasteiger partial charge in [-0.25, -0.2) is 4.79 Å². The molecule has 180 valence electrons. The number of nitrogens with zero attached hydrogens (tertiary/aromatic N) is 1. The van der Waals surface area contributed by atoms with Crippen LogP contribution in [-0.4, -0.2) is 54.4 Å². The first-order valence-electron chi connectivity index (χ1n) is 11.7. The number of piperidine rings is 3. The number of rotatable bonds is 9. The fourth-order valence-electron chi connectivity index (χ4n) is 5.33. The molecular formula is C26H29ClNO4S2+. The number of hydrogen-bond acceptors (Lipinski definition) is 6. The number of benzene rings is 1. The predicted molar refractivity (Wildman–Crippen MR) is 136 cm³/mol. The molecule has 3 aromatic rings. The van der Waals surface area contributed by atoms with Crippen molar-refractivity contribution >= 4 is 40.2 Å². The smallest absolute Gasteiger partial charge is 0.349 e. The minimum atomic E-state index is -1.75. The van der Waals surface area contributed by atoms with Crippen molar-refractivity contribution in [1.82, 2.24) is 0 Å². The van der Waals surface area contributed by atoms with Gasteiger partial charge in [0.2, 0.25) is 5.60 Å². The molecule has 0 saturated carbocycles. The van der Waals surface area contributed by atoms with Gasteiger partial charge in [-0.05, 0) is 35.0 Å². The van der Waals surface area contributed by atoms with Crippen LogP contribution in [0.3, 0.4) is 0 Å². The van der Waals surface area contributed by atoms with Gasteiger partial charge in [0.15, 0.2) is 6.10 Å². The standard InChI is InChI=1S/C26H29ClNO4S2/c27-20-6-1-2-7-21(20)31-15-5-12-28-13-10-19(11-14-28)22(18-28)32-25(29)26(30,23-8-3-16-33-23)24-9-4-17-34-24/h1-4,6-9,16-17,19,22,30H,5,10-15,18H2/q+1/t19?,22-,28?/m0/s1. The van der Waals surface area contributed by atoms with E-state index in [0.717, 1.165) is 55.7 Å². The quantitative estimate of drug-likeness (QED) is 0.236. The summed E-state index contributed by atoms with van der Waals surface area (Å²) < 4.78 is 12.9. The molecule has 0 spiro atoms. The number of para-hydroxylation sites is 1. The van der Waals surface area contributed by atoms with Crippen molar-refractivity contribution < 1.29 is 23.9 Å². The van der Waals surface area contributed by atoms with Crippen molar-refractivity contribution in [1.29, 1.82) is 0 Å². The molecule has 2 aromatic heterocycles. The minimum absolute atomic E-state index is 0.175. The fraction of sp³-hybridized carbons (Fsp3) is 0.423. The topological polar surface area (TPSA) is 55.8 Å². The lowest BCUT2D eigenvalue weighted by atomic mass is 9.83. The maximum absolute atomic E-state index is 13.5.